The molecule has 0 aliphatic carbocycles. The summed E-state index contributed by atoms with van der Waals surface area (Å²) in [7, 11) is 0. The summed E-state index contributed by atoms with van der Waals surface area (Å²) in [6.07, 6.45) is 0. The second-order valence-corrected chi connectivity index (χ2v) is 4.15. The van der Waals surface area contributed by atoms with Gasteiger partial charge >= 0.3 is 5.97 Å². The third-order valence-electron chi connectivity index (χ3n) is 2.78. The lowest BCUT2D eigenvalue weighted by Gasteiger charge is -2.12. The van der Waals surface area contributed by atoms with E-state index in [1.54, 1.807) is 31.2 Å². The van der Waals surface area contributed by atoms with E-state index in [4.69, 9.17) is 9.84 Å². The number of rotatable bonds is 4. The molecule has 0 heterocycles. The van der Waals surface area contributed by atoms with E-state index in [2.05, 4.69) is 0 Å². The predicted molar refractivity (Wildman–Crippen MR) is 70.6 cm³/mol. The van der Waals surface area contributed by atoms with Crippen molar-refractivity contribution in [2.75, 3.05) is 0 Å². The Morgan fingerprint density at radius 2 is 1.89 bits per heavy atom. The summed E-state index contributed by atoms with van der Waals surface area (Å²) in [5.74, 6) is 0.174. The smallest absolute Gasteiger partial charge is 0.335 e. The summed E-state index contributed by atoms with van der Waals surface area (Å²) >= 11 is 0. The van der Waals surface area contributed by atoms with Crippen LogP contribution in [0.2, 0.25) is 0 Å². The average molecular weight is 258 g/mol. The molecule has 0 radical (unpaired) electrons. The maximum atomic E-state index is 10.8. The molecule has 0 aliphatic rings. The highest BCUT2D eigenvalue weighted by Crippen LogP contribution is 2.28. The first-order chi connectivity index (χ1) is 9.11. The molecule has 4 nitrogen and oxygen atoms in total. The Labute approximate surface area is 110 Å². The first kappa shape index (κ1) is 13.1. The number of carboxylic acid groups (broad SMARTS) is 1. The lowest BCUT2D eigenvalue weighted by atomic mass is 10.1. The molecule has 0 unspecified atom stereocenters. The van der Waals surface area contributed by atoms with E-state index in [1.807, 2.05) is 12.1 Å². The fraction of sp³-hybridized carbons (Fsp3) is 0.133. The maximum absolute atomic E-state index is 10.8. The van der Waals surface area contributed by atoms with Gasteiger partial charge in [0.05, 0.1) is 12.2 Å². The molecule has 0 spiro atoms. The normalized spacial score (nSPS) is 10.2. The van der Waals surface area contributed by atoms with Gasteiger partial charge in [0, 0.05) is 5.56 Å². The van der Waals surface area contributed by atoms with Crippen LogP contribution in [0.3, 0.4) is 0 Å². The first-order valence-corrected chi connectivity index (χ1v) is 5.82. The first-order valence-electron chi connectivity index (χ1n) is 5.82. The molecular formula is C15H14O4. The second-order valence-electron chi connectivity index (χ2n) is 4.15. The van der Waals surface area contributed by atoms with E-state index in [0.717, 1.165) is 5.56 Å². The molecule has 0 aliphatic heterocycles. The molecule has 0 atom stereocenters. The zero-order chi connectivity index (χ0) is 13.8. The van der Waals surface area contributed by atoms with Crippen molar-refractivity contribution in [2.45, 2.75) is 13.5 Å². The van der Waals surface area contributed by atoms with E-state index >= 15 is 0 Å². The van der Waals surface area contributed by atoms with Gasteiger partial charge in [0.25, 0.3) is 0 Å². The minimum atomic E-state index is -0.967. The third kappa shape index (κ3) is 2.92. The Hall–Kier alpha value is -2.33. The van der Waals surface area contributed by atoms with Crippen molar-refractivity contribution in [3.63, 3.8) is 0 Å². The van der Waals surface area contributed by atoms with Crippen molar-refractivity contribution in [3.8, 4) is 11.5 Å². The van der Waals surface area contributed by atoms with Crippen LogP contribution in [0.25, 0.3) is 0 Å². The molecule has 0 aromatic heterocycles. The number of aryl methyl sites for hydroxylation is 1. The van der Waals surface area contributed by atoms with Gasteiger partial charge in [-0.2, -0.15) is 0 Å². The van der Waals surface area contributed by atoms with Gasteiger partial charge in [-0.05, 0) is 36.8 Å². The lowest BCUT2D eigenvalue weighted by molar-refractivity contribution is 0.0697. The second kappa shape index (κ2) is 5.54. The molecule has 19 heavy (non-hydrogen) atoms. The summed E-state index contributed by atoms with van der Waals surface area (Å²) in [6, 6.07) is 11.8. The number of benzene rings is 2. The van der Waals surface area contributed by atoms with Crippen molar-refractivity contribution < 1.29 is 19.7 Å². The topological polar surface area (TPSA) is 66.8 Å². The van der Waals surface area contributed by atoms with Gasteiger partial charge in [-0.3, -0.25) is 0 Å². The van der Waals surface area contributed by atoms with Gasteiger partial charge in [-0.15, -0.1) is 0 Å². The molecule has 2 aromatic rings. The molecule has 0 fully saturated rings. The number of para-hydroxylation sites is 1. The van der Waals surface area contributed by atoms with Gasteiger partial charge in [0.15, 0.2) is 0 Å². The van der Waals surface area contributed by atoms with E-state index in [9.17, 15) is 9.90 Å². The van der Waals surface area contributed by atoms with Crippen molar-refractivity contribution in [3.05, 3.63) is 59.2 Å². The molecule has 0 saturated heterocycles. The zero-order valence-electron chi connectivity index (χ0n) is 10.5. The fourth-order valence-electron chi connectivity index (χ4n) is 1.75. The quantitative estimate of drug-likeness (QED) is 0.884. The fourth-order valence-corrected chi connectivity index (χ4v) is 1.75. The molecule has 98 valence electrons. The molecule has 0 amide bonds. The largest absolute Gasteiger partial charge is 0.478 e. The Morgan fingerprint density at radius 3 is 2.53 bits per heavy atom. The number of aromatic carboxylic acids is 1. The Balaban J connectivity index is 2.31. The third-order valence-corrected chi connectivity index (χ3v) is 2.78. The number of aliphatic hydroxyl groups excluding tert-OH is 1. The Bertz CT molecular complexity index is 605. The SMILES string of the molecule is Cc1cc(C(=O)O)ccc1Oc1ccccc1CO. The van der Waals surface area contributed by atoms with E-state index in [-0.39, 0.29) is 12.2 Å². The summed E-state index contributed by atoms with van der Waals surface area (Å²) in [5, 5.41) is 18.1. The van der Waals surface area contributed by atoms with Crippen LogP contribution >= 0.6 is 0 Å². The molecular weight excluding hydrogens is 244 g/mol. The standard InChI is InChI=1S/C15H14O4/c1-10-8-11(15(17)18)6-7-13(10)19-14-5-3-2-4-12(14)9-16/h2-8,16H,9H2,1H3,(H,17,18). The van der Waals surface area contributed by atoms with Crippen LogP contribution < -0.4 is 4.74 Å². The van der Waals surface area contributed by atoms with Crippen LogP contribution in [0.4, 0.5) is 0 Å². The number of carbonyl (C=O) groups is 1. The molecule has 4 heteroatoms. The number of hydrogen-bond acceptors (Lipinski definition) is 3. The van der Waals surface area contributed by atoms with Crippen LogP contribution in [0.15, 0.2) is 42.5 Å². The summed E-state index contributed by atoms with van der Waals surface area (Å²) in [6.45, 7) is 1.67. The molecule has 2 N–H and O–H groups in total. The van der Waals surface area contributed by atoms with Crippen LogP contribution in [0.5, 0.6) is 11.5 Å². The molecule has 2 rings (SSSR count). The Kier molecular flexibility index (Phi) is 3.82. The van der Waals surface area contributed by atoms with Crippen LogP contribution in [-0.2, 0) is 6.61 Å². The minimum Gasteiger partial charge on any atom is -0.478 e. The monoisotopic (exact) mass is 258 g/mol. The van der Waals surface area contributed by atoms with E-state index in [1.165, 1.54) is 6.07 Å². The van der Waals surface area contributed by atoms with Gasteiger partial charge in [0.2, 0.25) is 0 Å². The summed E-state index contributed by atoms with van der Waals surface area (Å²) in [5.41, 5.74) is 1.64. The van der Waals surface area contributed by atoms with Gasteiger partial charge < -0.3 is 14.9 Å². The van der Waals surface area contributed by atoms with Gasteiger partial charge in [-0.1, -0.05) is 18.2 Å². The predicted octanol–water partition coefficient (Wildman–Crippen LogP) is 2.98. The van der Waals surface area contributed by atoms with Crippen molar-refractivity contribution >= 4 is 5.97 Å². The van der Waals surface area contributed by atoms with Gasteiger partial charge in [0.1, 0.15) is 11.5 Å². The number of carboxylic acids is 1. The minimum absolute atomic E-state index is 0.109. The summed E-state index contributed by atoms with van der Waals surface area (Å²) in [4.78, 5) is 10.8. The zero-order valence-corrected chi connectivity index (χ0v) is 10.5. The van der Waals surface area contributed by atoms with Crippen molar-refractivity contribution in [2.24, 2.45) is 0 Å². The number of hydrogen-bond donors (Lipinski definition) is 2. The molecule has 2 aromatic carbocycles. The highest BCUT2D eigenvalue weighted by Gasteiger charge is 2.09. The van der Waals surface area contributed by atoms with Crippen LogP contribution in [0.1, 0.15) is 21.5 Å². The Morgan fingerprint density at radius 1 is 1.16 bits per heavy atom. The average Bonchev–Trinajstić information content (AvgIpc) is 2.41. The maximum Gasteiger partial charge on any atom is 0.335 e. The summed E-state index contributed by atoms with van der Waals surface area (Å²) < 4.78 is 5.71. The molecule has 0 bridgehead atoms. The van der Waals surface area contributed by atoms with Crippen LogP contribution in [-0.4, -0.2) is 16.2 Å². The highest BCUT2D eigenvalue weighted by molar-refractivity contribution is 5.88. The van der Waals surface area contributed by atoms with Gasteiger partial charge in [-0.25, -0.2) is 4.79 Å². The van der Waals surface area contributed by atoms with E-state index < -0.39 is 5.97 Å². The lowest BCUT2D eigenvalue weighted by Crippen LogP contribution is -1.98. The molecule has 0 saturated carbocycles. The number of aliphatic hydroxyl groups is 1. The van der Waals surface area contributed by atoms with Crippen molar-refractivity contribution in [1.29, 1.82) is 0 Å². The van der Waals surface area contributed by atoms with Crippen molar-refractivity contribution in [1.82, 2.24) is 0 Å². The van der Waals surface area contributed by atoms with Crippen LogP contribution in [0, 0.1) is 6.92 Å². The highest BCUT2D eigenvalue weighted by atomic mass is 16.5. The van der Waals surface area contributed by atoms with E-state index in [0.29, 0.717) is 17.1 Å². The number of ether oxygens (including phenoxy) is 1.